The molecule has 0 bridgehead atoms. The molecule has 0 saturated heterocycles. The molecule has 0 aliphatic rings. The first-order valence-corrected chi connectivity index (χ1v) is 9.07. The van der Waals surface area contributed by atoms with E-state index >= 15 is 0 Å². The first-order chi connectivity index (χ1) is 9.95. The maximum Gasteiger partial charge on any atom is -0.0197 e. The third kappa shape index (κ3) is 14.1. The van der Waals surface area contributed by atoms with Crippen LogP contribution in [0.5, 0.6) is 0 Å². The zero-order valence-electron chi connectivity index (χ0n) is 14.8. The minimum Gasteiger partial charge on any atom is -0.134 e. The topological polar surface area (TPSA) is 0 Å². The molecule has 1 heteroatoms. The Balaban J connectivity index is 3.93. The van der Waals surface area contributed by atoms with Gasteiger partial charge in [-0.2, -0.15) is 0 Å². The number of hydrogen-bond acceptors (Lipinski definition) is 0. The fourth-order valence-corrected chi connectivity index (χ4v) is 2.59. The zero-order chi connectivity index (χ0) is 16.1. The lowest BCUT2D eigenvalue weighted by molar-refractivity contribution is 0.899. The van der Waals surface area contributed by atoms with Gasteiger partial charge < -0.3 is 0 Å². The Morgan fingerprint density at radius 1 is 0.619 bits per heavy atom. The molecule has 0 N–H and O–H groups in total. The summed E-state index contributed by atoms with van der Waals surface area (Å²) in [7, 11) is 2.76. The summed E-state index contributed by atoms with van der Waals surface area (Å²) in [6, 6.07) is 0. The van der Waals surface area contributed by atoms with E-state index in [1.807, 2.05) is 0 Å². The van der Waals surface area contributed by atoms with Gasteiger partial charge in [0.25, 0.3) is 0 Å². The Morgan fingerprint density at radius 2 is 1.00 bits per heavy atom. The van der Waals surface area contributed by atoms with E-state index in [1.54, 1.807) is 0 Å². The molecule has 0 aromatic rings. The minimum absolute atomic E-state index is 1.07. The van der Waals surface area contributed by atoms with Gasteiger partial charge in [-0.25, -0.2) is 0 Å². The molecule has 0 rings (SSSR count). The van der Waals surface area contributed by atoms with Crippen LogP contribution in [0.15, 0.2) is 46.6 Å². The van der Waals surface area contributed by atoms with Crippen molar-refractivity contribution < 1.29 is 0 Å². The summed E-state index contributed by atoms with van der Waals surface area (Å²) < 4.78 is 0. The molecular formula is C20H35P. The lowest BCUT2D eigenvalue weighted by Gasteiger charge is -2.02. The van der Waals surface area contributed by atoms with Crippen molar-refractivity contribution in [1.82, 2.24) is 0 Å². The largest absolute Gasteiger partial charge is 0.134 e. The van der Waals surface area contributed by atoms with E-state index in [2.05, 4.69) is 68.2 Å². The van der Waals surface area contributed by atoms with Crippen molar-refractivity contribution in [1.29, 1.82) is 0 Å². The van der Waals surface area contributed by atoms with Crippen molar-refractivity contribution >= 4 is 9.24 Å². The lowest BCUT2D eigenvalue weighted by Crippen LogP contribution is -1.82. The zero-order valence-corrected chi connectivity index (χ0v) is 16.0. The van der Waals surface area contributed by atoms with E-state index in [9.17, 15) is 0 Å². The van der Waals surface area contributed by atoms with Gasteiger partial charge in [-0.3, -0.25) is 0 Å². The molecule has 1 unspecified atom stereocenters. The molecular weight excluding hydrogens is 271 g/mol. The molecule has 0 heterocycles. The molecule has 0 spiro atoms. The Labute approximate surface area is 135 Å². The average molecular weight is 306 g/mol. The van der Waals surface area contributed by atoms with E-state index < -0.39 is 0 Å². The van der Waals surface area contributed by atoms with Gasteiger partial charge in [0.1, 0.15) is 0 Å². The number of hydrogen-bond donors (Lipinski definition) is 0. The van der Waals surface area contributed by atoms with Gasteiger partial charge in [0.05, 0.1) is 0 Å². The molecule has 0 aliphatic carbocycles. The molecule has 21 heavy (non-hydrogen) atoms. The van der Waals surface area contributed by atoms with Crippen molar-refractivity contribution in [2.45, 2.75) is 73.1 Å². The van der Waals surface area contributed by atoms with Crippen LogP contribution in [0, 0.1) is 0 Å². The molecule has 0 amide bonds. The molecule has 0 radical (unpaired) electrons. The average Bonchev–Trinajstić information content (AvgIpc) is 2.38. The molecule has 0 aromatic carbocycles. The summed E-state index contributed by atoms with van der Waals surface area (Å²) in [6.07, 6.45) is 17.7. The Morgan fingerprint density at radius 3 is 1.38 bits per heavy atom. The molecule has 1 atom stereocenters. The van der Waals surface area contributed by atoms with E-state index in [4.69, 9.17) is 0 Å². The van der Waals surface area contributed by atoms with Gasteiger partial charge in [-0.05, 0) is 79.3 Å². The highest BCUT2D eigenvalue weighted by molar-refractivity contribution is 7.16. The third-order valence-electron chi connectivity index (χ3n) is 3.62. The quantitative estimate of drug-likeness (QED) is 0.301. The van der Waals surface area contributed by atoms with Crippen molar-refractivity contribution in [2.24, 2.45) is 0 Å². The second kappa shape index (κ2) is 13.1. The second-order valence-corrected chi connectivity index (χ2v) is 6.76. The van der Waals surface area contributed by atoms with Gasteiger partial charge in [0, 0.05) is 0 Å². The Kier molecular flexibility index (Phi) is 12.7. The predicted molar refractivity (Wildman–Crippen MR) is 103 cm³/mol. The van der Waals surface area contributed by atoms with Crippen molar-refractivity contribution in [3.05, 3.63) is 46.6 Å². The molecule has 0 nitrogen and oxygen atoms in total. The summed E-state index contributed by atoms with van der Waals surface area (Å²) in [6.45, 7) is 11.1. The molecule has 0 aromatic heterocycles. The van der Waals surface area contributed by atoms with E-state index in [0.717, 1.165) is 6.16 Å². The third-order valence-corrected chi connectivity index (χ3v) is 3.86. The summed E-state index contributed by atoms with van der Waals surface area (Å²) in [5.41, 5.74) is 5.98. The maximum absolute atomic E-state index is 2.76. The van der Waals surface area contributed by atoms with Crippen LogP contribution in [-0.4, -0.2) is 6.16 Å². The van der Waals surface area contributed by atoms with Gasteiger partial charge >= 0.3 is 0 Å². The summed E-state index contributed by atoms with van der Waals surface area (Å²) in [4.78, 5) is 0. The van der Waals surface area contributed by atoms with Crippen molar-refractivity contribution in [2.75, 3.05) is 6.16 Å². The van der Waals surface area contributed by atoms with Crippen LogP contribution in [0.2, 0.25) is 0 Å². The molecule has 0 aliphatic heterocycles. The SMILES string of the molecule is CC(C)=CCC/C(C)=C/CC/C(C)=C/CC/C(C)=C/CP. The summed E-state index contributed by atoms with van der Waals surface area (Å²) in [5.74, 6) is 0. The van der Waals surface area contributed by atoms with Gasteiger partial charge in [-0.1, -0.05) is 46.6 Å². The van der Waals surface area contributed by atoms with Crippen molar-refractivity contribution in [3.8, 4) is 0 Å². The standard InChI is InChI=1S/C20H35P/c1-17(2)9-6-10-18(3)11-7-12-19(4)13-8-14-20(5)15-16-21/h9,11,13,15H,6-8,10,12,14,16,21H2,1-5H3/b18-11+,19-13+,20-15+. The number of allylic oxidation sites excluding steroid dienone is 8. The summed E-state index contributed by atoms with van der Waals surface area (Å²) >= 11 is 0. The van der Waals surface area contributed by atoms with E-state index in [1.165, 1.54) is 60.8 Å². The van der Waals surface area contributed by atoms with Crippen molar-refractivity contribution in [3.63, 3.8) is 0 Å². The molecule has 120 valence electrons. The van der Waals surface area contributed by atoms with Crippen LogP contribution in [0.4, 0.5) is 0 Å². The highest BCUT2D eigenvalue weighted by Gasteiger charge is 1.93. The van der Waals surface area contributed by atoms with E-state index in [0.29, 0.717) is 0 Å². The Hall–Kier alpha value is -0.610. The lowest BCUT2D eigenvalue weighted by atomic mass is 10.0. The van der Waals surface area contributed by atoms with E-state index in [-0.39, 0.29) is 0 Å². The van der Waals surface area contributed by atoms with Gasteiger partial charge in [0.2, 0.25) is 0 Å². The summed E-state index contributed by atoms with van der Waals surface area (Å²) in [5, 5.41) is 0. The minimum atomic E-state index is 1.07. The molecule has 0 fully saturated rings. The maximum atomic E-state index is 2.76. The second-order valence-electron chi connectivity index (χ2n) is 6.28. The fourth-order valence-electron chi connectivity index (χ4n) is 2.19. The first kappa shape index (κ1) is 20.4. The van der Waals surface area contributed by atoms with Crippen LogP contribution >= 0.6 is 9.24 Å². The highest BCUT2D eigenvalue weighted by Crippen LogP contribution is 2.13. The number of rotatable bonds is 10. The van der Waals surface area contributed by atoms with Crippen LogP contribution in [-0.2, 0) is 0 Å². The fraction of sp³-hybridized carbons (Fsp3) is 0.600. The van der Waals surface area contributed by atoms with Crippen LogP contribution in [0.3, 0.4) is 0 Å². The normalized spacial score (nSPS) is 13.5. The monoisotopic (exact) mass is 306 g/mol. The Bertz CT molecular complexity index is 390. The molecule has 0 saturated carbocycles. The van der Waals surface area contributed by atoms with Crippen LogP contribution in [0.1, 0.15) is 73.1 Å². The van der Waals surface area contributed by atoms with Gasteiger partial charge in [-0.15, -0.1) is 9.24 Å². The van der Waals surface area contributed by atoms with Crippen LogP contribution in [0.25, 0.3) is 0 Å². The van der Waals surface area contributed by atoms with Gasteiger partial charge in [0.15, 0.2) is 0 Å². The first-order valence-electron chi connectivity index (χ1n) is 8.26. The highest BCUT2D eigenvalue weighted by atomic mass is 31.0. The predicted octanol–water partition coefficient (Wildman–Crippen LogP) is 7.01. The smallest absolute Gasteiger partial charge is 0.0197 e. The van der Waals surface area contributed by atoms with Crippen LogP contribution < -0.4 is 0 Å².